The molecule has 2 saturated heterocycles. The number of nitrogens with zero attached hydrogens (tertiary/aromatic N) is 1. The number of para-hydroxylation sites is 1. The summed E-state index contributed by atoms with van der Waals surface area (Å²) >= 11 is 0. The van der Waals surface area contributed by atoms with Gasteiger partial charge in [-0.05, 0) is 12.5 Å². The van der Waals surface area contributed by atoms with Crippen molar-refractivity contribution in [3.63, 3.8) is 0 Å². The van der Waals surface area contributed by atoms with E-state index in [1.165, 1.54) is 4.90 Å². The van der Waals surface area contributed by atoms with Gasteiger partial charge in [-0.3, -0.25) is 29.4 Å². The maximum absolute atomic E-state index is 13.3. The largest absolute Gasteiger partial charge is 0.385 e. The molecule has 4 N–H and O–H groups in total. The zero-order valence-electron chi connectivity index (χ0n) is 15.4. The number of nitrogens with one attached hydrogen (secondary N) is 2. The summed E-state index contributed by atoms with van der Waals surface area (Å²) < 4.78 is 5.01. The van der Waals surface area contributed by atoms with Crippen LogP contribution in [0.5, 0.6) is 0 Å². The van der Waals surface area contributed by atoms with Gasteiger partial charge in [-0.25, -0.2) is 0 Å². The molecule has 0 aromatic heterocycles. The molecule has 3 aliphatic heterocycles. The highest BCUT2D eigenvalue weighted by molar-refractivity contribution is 6.15. The van der Waals surface area contributed by atoms with Crippen LogP contribution in [-0.4, -0.2) is 54.8 Å². The third-order valence-corrected chi connectivity index (χ3v) is 5.86. The molecule has 3 aliphatic rings. The summed E-state index contributed by atoms with van der Waals surface area (Å²) in [5, 5.41) is 5.95. The SMILES string of the molecule is COCCCN1C(=O)[C@@H]2[C@H](CC(N)=O)N[C@]3(C(=O)Nc4ccccc43)[C@@H]2C1=O. The Kier molecular flexibility index (Phi) is 4.43. The molecule has 1 aromatic carbocycles. The quantitative estimate of drug-likeness (QED) is 0.439. The number of carbonyl (C=O) groups is 4. The summed E-state index contributed by atoms with van der Waals surface area (Å²) in [6.07, 6.45) is 0.362. The van der Waals surface area contributed by atoms with Gasteiger partial charge in [-0.1, -0.05) is 18.2 Å². The van der Waals surface area contributed by atoms with Crippen molar-refractivity contribution >= 4 is 29.3 Å². The van der Waals surface area contributed by atoms with E-state index in [0.717, 1.165) is 0 Å². The minimum Gasteiger partial charge on any atom is -0.385 e. The van der Waals surface area contributed by atoms with Crippen LogP contribution >= 0.6 is 0 Å². The van der Waals surface area contributed by atoms with Crippen molar-refractivity contribution in [1.29, 1.82) is 0 Å². The van der Waals surface area contributed by atoms with Gasteiger partial charge in [0.05, 0.1) is 11.8 Å². The number of benzene rings is 1. The minimum absolute atomic E-state index is 0.136. The highest BCUT2D eigenvalue weighted by Gasteiger charge is 2.70. The minimum atomic E-state index is -1.38. The molecule has 9 heteroatoms. The first kappa shape index (κ1) is 18.6. The van der Waals surface area contributed by atoms with Crippen molar-refractivity contribution in [2.24, 2.45) is 17.6 Å². The molecule has 9 nitrogen and oxygen atoms in total. The molecular weight excluding hydrogens is 364 g/mol. The van der Waals surface area contributed by atoms with Crippen molar-refractivity contribution < 1.29 is 23.9 Å². The molecule has 148 valence electrons. The van der Waals surface area contributed by atoms with Gasteiger partial charge in [-0.15, -0.1) is 0 Å². The average Bonchev–Trinajstić information content (AvgIpc) is 3.22. The molecule has 2 fully saturated rings. The molecule has 4 atom stereocenters. The fraction of sp³-hybridized carbons (Fsp3) is 0.474. The van der Waals surface area contributed by atoms with Crippen LogP contribution < -0.4 is 16.4 Å². The summed E-state index contributed by atoms with van der Waals surface area (Å²) in [5.41, 5.74) is 5.20. The lowest BCUT2D eigenvalue weighted by Crippen LogP contribution is -2.53. The lowest BCUT2D eigenvalue weighted by molar-refractivity contribution is -0.143. The molecule has 1 spiro atoms. The van der Waals surface area contributed by atoms with Crippen LogP contribution in [0.4, 0.5) is 5.69 Å². The number of primary amides is 1. The van der Waals surface area contributed by atoms with Crippen LogP contribution in [-0.2, 0) is 29.5 Å². The third-order valence-electron chi connectivity index (χ3n) is 5.86. The lowest BCUT2D eigenvalue weighted by atomic mass is 9.76. The van der Waals surface area contributed by atoms with Gasteiger partial charge < -0.3 is 15.8 Å². The molecule has 28 heavy (non-hydrogen) atoms. The van der Waals surface area contributed by atoms with Crippen LogP contribution in [0.15, 0.2) is 24.3 Å². The first-order valence-electron chi connectivity index (χ1n) is 9.23. The van der Waals surface area contributed by atoms with Gasteiger partial charge >= 0.3 is 0 Å². The van der Waals surface area contributed by atoms with Gasteiger partial charge in [0.1, 0.15) is 5.54 Å². The van der Waals surface area contributed by atoms with E-state index < -0.39 is 41.1 Å². The van der Waals surface area contributed by atoms with Crippen molar-refractivity contribution in [2.75, 3.05) is 25.6 Å². The number of likely N-dealkylation sites (tertiary alicyclic amines) is 1. The predicted octanol–water partition coefficient (Wildman–Crippen LogP) is -0.681. The Morgan fingerprint density at radius 1 is 1.25 bits per heavy atom. The fourth-order valence-electron chi connectivity index (χ4n) is 4.80. The standard InChI is InChI=1S/C19H22N4O5/c1-28-8-4-7-23-16(25)14-12(9-13(20)24)22-19(15(14)17(23)26)10-5-2-3-6-11(10)21-18(19)27/h2-3,5-6,12,14-15,22H,4,7-9H2,1H3,(H2,20,24)(H,21,27)/t12-,14+,15-,19-/m0/s1. The molecular formula is C19H22N4O5. The Morgan fingerprint density at radius 3 is 2.71 bits per heavy atom. The Balaban J connectivity index is 1.78. The second-order valence-electron chi connectivity index (χ2n) is 7.41. The van der Waals surface area contributed by atoms with E-state index in [1.807, 2.05) is 0 Å². The monoisotopic (exact) mass is 386 g/mol. The van der Waals surface area contributed by atoms with Crippen LogP contribution in [0, 0.1) is 11.8 Å². The summed E-state index contributed by atoms with van der Waals surface area (Å²) in [6.45, 7) is 0.616. The number of ether oxygens (including phenoxy) is 1. The summed E-state index contributed by atoms with van der Waals surface area (Å²) in [4.78, 5) is 52.2. The second kappa shape index (κ2) is 6.68. The number of rotatable bonds is 6. The number of methoxy groups -OCH3 is 1. The molecule has 3 heterocycles. The van der Waals surface area contributed by atoms with Crippen molar-refractivity contribution in [1.82, 2.24) is 10.2 Å². The van der Waals surface area contributed by atoms with Gasteiger partial charge in [0, 0.05) is 44.0 Å². The topological polar surface area (TPSA) is 131 Å². The summed E-state index contributed by atoms with van der Waals surface area (Å²) in [5.74, 6) is -3.51. The van der Waals surface area contributed by atoms with E-state index in [-0.39, 0.29) is 18.9 Å². The molecule has 4 rings (SSSR count). The maximum atomic E-state index is 13.3. The molecule has 0 radical (unpaired) electrons. The molecule has 0 saturated carbocycles. The van der Waals surface area contributed by atoms with Gasteiger partial charge in [0.2, 0.25) is 23.6 Å². The smallest absolute Gasteiger partial charge is 0.250 e. The number of anilines is 1. The third kappa shape index (κ3) is 2.46. The second-order valence-corrected chi connectivity index (χ2v) is 7.41. The molecule has 1 aromatic rings. The predicted molar refractivity (Wildman–Crippen MR) is 97.7 cm³/mol. The highest BCUT2D eigenvalue weighted by Crippen LogP contribution is 2.53. The molecule has 0 bridgehead atoms. The van der Waals surface area contributed by atoms with Gasteiger partial charge in [-0.2, -0.15) is 0 Å². The van der Waals surface area contributed by atoms with E-state index in [1.54, 1.807) is 31.4 Å². The lowest BCUT2D eigenvalue weighted by Gasteiger charge is -2.29. The zero-order valence-corrected chi connectivity index (χ0v) is 15.4. The zero-order chi connectivity index (χ0) is 20.1. The number of amides is 4. The number of fused-ring (bicyclic) bond motifs is 4. The van der Waals surface area contributed by atoms with E-state index >= 15 is 0 Å². The summed E-state index contributed by atoms with van der Waals surface area (Å²) in [7, 11) is 1.55. The Morgan fingerprint density at radius 2 is 2.00 bits per heavy atom. The molecule has 0 unspecified atom stereocenters. The Bertz CT molecular complexity index is 872. The van der Waals surface area contributed by atoms with Crippen molar-refractivity contribution in [2.45, 2.75) is 24.4 Å². The summed E-state index contributed by atoms with van der Waals surface area (Å²) in [6, 6.07) is 6.37. The fourth-order valence-corrected chi connectivity index (χ4v) is 4.80. The maximum Gasteiger partial charge on any atom is 0.250 e. The number of imide groups is 1. The first-order chi connectivity index (χ1) is 13.4. The van der Waals surface area contributed by atoms with E-state index in [2.05, 4.69) is 10.6 Å². The first-order valence-corrected chi connectivity index (χ1v) is 9.23. The van der Waals surface area contributed by atoms with Crippen molar-refractivity contribution in [3.05, 3.63) is 29.8 Å². The number of carbonyl (C=O) groups excluding carboxylic acids is 4. The number of nitrogens with two attached hydrogens (primary N) is 1. The van der Waals surface area contributed by atoms with Crippen LogP contribution in [0.1, 0.15) is 18.4 Å². The molecule has 0 aliphatic carbocycles. The van der Waals surface area contributed by atoms with Gasteiger partial charge in [0.15, 0.2) is 0 Å². The van der Waals surface area contributed by atoms with E-state index in [0.29, 0.717) is 24.3 Å². The normalized spacial score (nSPS) is 30.7. The van der Waals surface area contributed by atoms with Gasteiger partial charge in [0.25, 0.3) is 0 Å². The Labute approximate surface area is 161 Å². The average molecular weight is 386 g/mol. The van der Waals surface area contributed by atoms with E-state index in [4.69, 9.17) is 10.5 Å². The van der Waals surface area contributed by atoms with Crippen LogP contribution in [0.2, 0.25) is 0 Å². The Hall–Kier alpha value is -2.78. The van der Waals surface area contributed by atoms with Crippen LogP contribution in [0.25, 0.3) is 0 Å². The number of hydrogen-bond donors (Lipinski definition) is 3. The number of hydrogen-bond acceptors (Lipinski definition) is 6. The van der Waals surface area contributed by atoms with Crippen LogP contribution in [0.3, 0.4) is 0 Å². The van der Waals surface area contributed by atoms with Crippen molar-refractivity contribution in [3.8, 4) is 0 Å². The highest BCUT2D eigenvalue weighted by atomic mass is 16.5. The molecule has 4 amide bonds. The van der Waals surface area contributed by atoms with E-state index in [9.17, 15) is 19.2 Å².